The molecule has 1 aromatic carbocycles. The van der Waals surface area contributed by atoms with E-state index in [0.717, 1.165) is 23.4 Å². The lowest BCUT2D eigenvalue weighted by Gasteiger charge is -2.17. The SMILES string of the molecule is COc1ccccc1C1=NN=C(N)C(C)C1. The molecule has 1 aromatic rings. The van der Waals surface area contributed by atoms with Crippen LogP contribution in [0.5, 0.6) is 5.75 Å². The van der Waals surface area contributed by atoms with Crippen molar-refractivity contribution < 1.29 is 4.74 Å². The molecule has 0 bridgehead atoms. The maximum atomic E-state index is 5.70. The van der Waals surface area contributed by atoms with Gasteiger partial charge in [-0.1, -0.05) is 19.1 Å². The summed E-state index contributed by atoms with van der Waals surface area (Å²) < 4.78 is 5.30. The van der Waals surface area contributed by atoms with Crippen molar-refractivity contribution in [2.75, 3.05) is 7.11 Å². The number of amidine groups is 1. The van der Waals surface area contributed by atoms with Crippen molar-refractivity contribution >= 4 is 11.5 Å². The van der Waals surface area contributed by atoms with Gasteiger partial charge in [0.05, 0.1) is 12.8 Å². The molecule has 0 fully saturated rings. The Hall–Kier alpha value is -1.84. The van der Waals surface area contributed by atoms with Crippen molar-refractivity contribution in [3.63, 3.8) is 0 Å². The first-order chi connectivity index (χ1) is 7.72. The minimum Gasteiger partial charge on any atom is -0.496 e. The fourth-order valence-electron chi connectivity index (χ4n) is 1.70. The predicted octanol–water partition coefficient (Wildman–Crippen LogP) is 1.80. The minimum atomic E-state index is 0.234. The van der Waals surface area contributed by atoms with Crippen LogP contribution >= 0.6 is 0 Å². The normalized spacial score (nSPS) is 20.0. The summed E-state index contributed by atoms with van der Waals surface area (Å²) in [5.74, 6) is 1.65. The van der Waals surface area contributed by atoms with Crippen LogP contribution in [-0.4, -0.2) is 18.7 Å². The summed E-state index contributed by atoms with van der Waals surface area (Å²) in [4.78, 5) is 0. The van der Waals surface area contributed by atoms with Crippen LogP contribution in [0.15, 0.2) is 34.5 Å². The third kappa shape index (κ3) is 1.91. The molecular weight excluding hydrogens is 202 g/mol. The van der Waals surface area contributed by atoms with E-state index in [2.05, 4.69) is 10.2 Å². The second kappa shape index (κ2) is 4.35. The number of benzene rings is 1. The van der Waals surface area contributed by atoms with Crippen LogP contribution in [0.25, 0.3) is 0 Å². The van der Waals surface area contributed by atoms with Crippen molar-refractivity contribution in [2.24, 2.45) is 21.9 Å². The zero-order valence-electron chi connectivity index (χ0n) is 9.47. The lowest BCUT2D eigenvalue weighted by atomic mass is 9.97. The fourth-order valence-corrected chi connectivity index (χ4v) is 1.70. The van der Waals surface area contributed by atoms with E-state index in [0.29, 0.717) is 5.84 Å². The van der Waals surface area contributed by atoms with Crippen LogP contribution in [0, 0.1) is 5.92 Å². The number of ether oxygens (including phenoxy) is 1. The second-order valence-corrected chi connectivity index (χ2v) is 3.88. The number of rotatable bonds is 2. The molecule has 1 aliphatic heterocycles. The minimum absolute atomic E-state index is 0.234. The highest BCUT2D eigenvalue weighted by Crippen LogP contribution is 2.23. The Balaban J connectivity index is 2.38. The van der Waals surface area contributed by atoms with Crippen LogP contribution < -0.4 is 10.5 Å². The molecule has 0 saturated carbocycles. The quantitative estimate of drug-likeness (QED) is 0.821. The third-order valence-electron chi connectivity index (χ3n) is 2.71. The van der Waals surface area contributed by atoms with Crippen LogP contribution in [-0.2, 0) is 0 Å². The third-order valence-corrected chi connectivity index (χ3v) is 2.71. The molecule has 1 unspecified atom stereocenters. The maximum absolute atomic E-state index is 5.70. The molecule has 4 heteroatoms. The number of methoxy groups -OCH3 is 1. The molecule has 0 spiro atoms. The van der Waals surface area contributed by atoms with E-state index >= 15 is 0 Å². The highest BCUT2D eigenvalue weighted by Gasteiger charge is 2.19. The van der Waals surface area contributed by atoms with Crippen LogP contribution in [0.4, 0.5) is 0 Å². The van der Waals surface area contributed by atoms with Crippen molar-refractivity contribution in [3.8, 4) is 5.75 Å². The summed E-state index contributed by atoms with van der Waals surface area (Å²) in [6, 6.07) is 7.81. The van der Waals surface area contributed by atoms with Gasteiger partial charge in [0.1, 0.15) is 11.6 Å². The fraction of sp³-hybridized carbons (Fsp3) is 0.333. The molecule has 0 radical (unpaired) electrons. The summed E-state index contributed by atoms with van der Waals surface area (Å²) in [5, 5.41) is 8.11. The molecule has 2 rings (SSSR count). The number of nitrogens with zero attached hydrogens (tertiary/aromatic N) is 2. The van der Waals surface area contributed by atoms with E-state index in [1.165, 1.54) is 0 Å². The lowest BCUT2D eigenvalue weighted by Crippen LogP contribution is -2.26. The molecule has 2 N–H and O–H groups in total. The molecule has 0 amide bonds. The van der Waals surface area contributed by atoms with Gasteiger partial charge in [-0.25, -0.2) is 0 Å². The molecule has 16 heavy (non-hydrogen) atoms. The van der Waals surface area contributed by atoms with Crippen LogP contribution in [0.2, 0.25) is 0 Å². The van der Waals surface area contributed by atoms with Gasteiger partial charge in [-0.15, -0.1) is 5.10 Å². The molecule has 0 aliphatic carbocycles. The Kier molecular flexibility index (Phi) is 2.90. The number of nitrogens with two attached hydrogens (primary N) is 1. The second-order valence-electron chi connectivity index (χ2n) is 3.88. The molecule has 1 atom stereocenters. The number of para-hydroxylation sites is 1. The van der Waals surface area contributed by atoms with E-state index in [9.17, 15) is 0 Å². The number of hydrogen-bond donors (Lipinski definition) is 1. The maximum Gasteiger partial charge on any atom is 0.127 e. The first-order valence-corrected chi connectivity index (χ1v) is 5.25. The Morgan fingerprint density at radius 2 is 2.06 bits per heavy atom. The monoisotopic (exact) mass is 217 g/mol. The Morgan fingerprint density at radius 3 is 2.75 bits per heavy atom. The summed E-state index contributed by atoms with van der Waals surface area (Å²) >= 11 is 0. The van der Waals surface area contributed by atoms with Gasteiger partial charge in [0.15, 0.2) is 0 Å². The van der Waals surface area contributed by atoms with E-state index in [1.807, 2.05) is 31.2 Å². The van der Waals surface area contributed by atoms with Crippen molar-refractivity contribution in [2.45, 2.75) is 13.3 Å². The summed E-state index contributed by atoms with van der Waals surface area (Å²) in [6.07, 6.45) is 0.801. The predicted molar refractivity (Wildman–Crippen MR) is 64.9 cm³/mol. The largest absolute Gasteiger partial charge is 0.496 e. The summed E-state index contributed by atoms with van der Waals surface area (Å²) in [6.45, 7) is 2.04. The molecule has 1 aliphatic rings. The summed E-state index contributed by atoms with van der Waals surface area (Å²) in [7, 11) is 1.66. The van der Waals surface area contributed by atoms with Crippen LogP contribution in [0.3, 0.4) is 0 Å². The van der Waals surface area contributed by atoms with Gasteiger partial charge in [-0.3, -0.25) is 0 Å². The van der Waals surface area contributed by atoms with Crippen molar-refractivity contribution in [3.05, 3.63) is 29.8 Å². The molecule has 0 aromatic heterocycles. The van der Waals surface area contributed by atoms with Gasteiger partial charge in [-0.05, 0) is 12.1 Å². The van der Waals surface area contributed by atoms with Gasteiger partial charge in [-0.2, -0.15) is 5.10 Å². The Morgan fingerprint density at radius 1 is 1.31 bits per heavy atom. The lowest BCUT2D eigenvalue weighted by molar-refractivity contribution is 0.413. The average molecular weight is 217 g/mol. The summed E-state index contributed by atoms with van der Waals surface area (Å²) in [5.41, 5.74) is 7.62. The highest BCUT2D eigenvalue weighted by atomic mass is 16.5. The van der Waals surface area contributed by atoms with Gasteiger partial charge in [0, 0.05) is 17.9 Å². The van der Waals surface area contributed by atoms with Crippen molar-refractivity contribution in [1.29, 1.82) is 0 Å². The van der Waals surface area contributed by atoms with Crippen molar-refractivity contribution in [1.82, 2.24) is 0 Å². The molecule has 84 valence electrons. The Labute approximate surface area is 94.8 Å². The smallest absolute Gasteiger partial charge is 0.127 e. The first kappa shape index (κ1) is 10.7. The van der Waals surface area contributed by atoms with E-state index < -0.39 is 0 Å². The van der Waals surface area contributed by atoms with E-state index in [-0.39, 0.29) is 5.92 Å². The van der Waals surface area contributed by atoms with Gasteiger partial charge in [0.25, 0.3) is 0 Å². The zero-order chi connectivity index (χ0) is 11.5. The molecular formula is C12H15N3O. The standard InChI is InChI=1S/C12H15N3O/c1-8-7-10(14-15-12(8)13)9-5-3-4-6-11(9)16-2/h3-6,8H,7H2,1-2H3,(H2,13,15). The van der Waals surface area contributed by atoms with Gasteiger partial charge >= 0.3 is 0 Å². The molecule has 0 saturated heterocycles. The average Bonchev–Trinajstić information content (AvgIpc) is 2.32. The number of hydrogen-bond acceptors (Lipinski definition) is 4. The zero-order valence-corrected chi connectivity index (χ0v) is 9.47. The van der Waals surface area contributed by atoms with Gasteiger partial charge in [0.2, 0.25) is 0 Å². The molecule has 4 nitrogen and oxygen atoms in total. The van der Waals surface area contributed by atoms with Crippen LogP contribution in [0.1, 0.15) is 18.9 Å². The molecule has 1 heterocycles. The first-order valence-electron chi connectivity index (χ1n) is 5.25. The van der Waals surface area contributed by atoms with Gasteiger partial charge < -0.3 is 10.5 Å². The Bertz CT molecular complexity index is 451. The van der Waals surface area contributed by atoms with E-state index in [1.54, 1.807) is 7.11 Å². The topological polar surface area (TPSA) is 60.0 Å². The highest BCUT2D eigenvalue weighted by molar-refractivity contribution is 6.06. The van der Waals surface area contributed by atoms with E-state index in [4.69, 9.17) is 10.5 Å².